The Kier molecular flexibility index (Phi) is 5.44. The Bertz CT molecular complexity index is 736. The quantitative estimate of drug-likeness (QED) is 0.596. The van der Waals surface area contributed by atoms with Crippen LogP contribution in [0.15, 0.2) is 79.0 Å². The lowest BCUT2D eigenvalue weighted by Gasteiger charge is -2.25. The first kappa shape index (κ1) is 17.6. The van der Waals surface area contributed by atoms with E-state index in [2.05, 4.69) is 92.0 Å². The highest BCUT2D eigenvalue weighted by atomic mass is 32.1. The summed E-state index contributed by atoms with van der Waals surface area (Å²) < 4.78 is -0.185. The lowest BCUT2D eigenvalue weighted by atomic mass is 10.0. The van der Waals surface area contributed by atoms with E-state index in [1.54, 1.807) is 0 Å². The second-order valence-electron chi connectivity index (χ2n) is 6.79. The first-order valence-electron chi connectivity index (χ1n) is 8.54. The molecule has 25 heavy (non-hydrogen) atoms. The maximum absolute atomic E-state index is 4.71. The highest BCUT2D eigenvalue weighted by molar-refractivity contribution is 7.81. The molecule has 0 fully saturated rings. The molecule has 0 bridgehead atoms. The largest absolute Gasteiger partial charge is 0.348 e. The number of thiol groups is 1. The summed E-state index contributed by atoms with van der Waals surface area (Å²) in [6, 6.07) is 25.3. The topological polar surface area (TPSA) is 16.1 Å². The lowest BCUT2D eigenvalue weighted by Crippen LogP contribution is -2.23. The van der Waals surface area contributed by atoms with Gasteiger partial charge < -0.3 is 4.90 Å². The van der Waals surface area contributed by atoms with Gasteiger partial charge in [0.15, 0.2) is 0 Å². The zero-order valence-corrected chi connectivity index (χ0v) is 15.7. The SMILES string of the molecule is CC(C)(S)c1ccc(N(Cc2ccccc2)Cc2ccccc2)nc1. The minimum Gasteiger partial charge on any atom is -0.348 e. The summed E-state index contributed by atoms with van der Waals surface area (Å²) in [7, 11) is 0. The van der Waals surface area contributed by atoms with Crippen molar-refractivity contribution >= 4 is 18.4 Å². The van der Waals surface area contributed by atoms with Crippen LogP contribution in [0.3, 0.4) is 0 Å². The van der Waals surface area contributed by atoms with E-state index in [1.807, 2.05) is 18.3 Å². The minimum absolute atomic E-state index is 0.185. The molecule has 0 amide bonds. The third-order valence-corrected chi connectivity index (χ3v) is 4.47. The van der Waals surface area contributed by atoms with E-state index in [0.29, 0.717) is 0 Å². The molecule has 0 spiro atoms. The molecule has 1 aromatic heterocycles. The number of anilines is 1. The molecule has 0 aliphatic carbocycles. The van der Waals surface area contributed by atoms with Crippen molar-refractivity contribution < 1.29 is 0 Å². The second kappa shape index (κ2) is 7.75. The highest BCUT2D eigenvalue weighted by Gasteiger charge is 2.16. The van der Waals surface area contributed by atoms with Gasteiger partial charge in [-0.05, 0) is 36.6 Å². The molecule has 0 atom stereocenters. The van der Waals surface area contributed by atoms with Gasteiger partial charge in [0.2, 0.25) is 0 Å². The van der Waals surface area contributed by atoms with Crippen LogP contribution in [-0.4, -0.2) is 4.98 Å². The molecular formula is C22H24N2S. The maximum Gasteiger partial charge on any atom is 0.129 e. The fourth-order valence-corrected chi connectivity index (χ4v) is 2.89. The van der Waals surface area contributed by atoms with Gasteiger partial charge in [0.1, 0.15) is 5.82 Å². The Morgan fingerprint density at radius 3 is 1.72 bits per heavy atom. The molecule has 0 N–H and O–H groups in total. The van der Waals surface area contributed by atoms with E-state index < -0.39 is 0 Å². The van der Waals surface area contributed by atoms with Gasteiger partial charge in [-0.3, -0.25) is 0 Å². The average molecular weight is 349 g/mol. The van der Waals surface area contributed by atoms with Gasteiger partial charge in [-0.15, -0.1) is 0 Å². The first-order chi connectivity index (χ1) is 12.0. The summed E-state index contributed by atoms with van der Waals surface area (Å²) in [6.07, 6.45) is 1.94. The molecular weight excluding hydrogens is 324 g/mol. The van der Waals surface area contributed by atoms with Crippen molar-refractivity contribution in [1.29, 1.82) is 0 Å². The Balaban J connectivity index is 1.87. The third-order valence-electron chi connectivity index (χ3n) is 4.21. The van der Waals surface area contributed by atoms with Crippen LogP contribution in [-0.2, 0) is 17.8 Å². The summed E-state index contributed by atoms with van der Waals surface area (Å²) in [5.41, 5.74) is 3.68. The summed E-state index contributed by atoms with van der Waals surface area (Å²) in [5, 5.41) is 0. The molecule has 3 rings (SSSR count). The van der Waals surface area contributed by atoms with Gasteiger partial charge in [0.25, 0.3) is 0 Å². The zero-order chi connectivity index (χ0) is 17.7. The van der Waals surface area contributed by atoms with Gasteiger partial charge in [0.05, 0.1) is 0 Å². The number of aromatic nitrogens is 1. The van der Waals surface area contributed by atoms with Crippen molar-refractivity contribution in [2.24, 2.45) is 0 Å². The van der Waals surface area contributed by atoms with E-state index in [9.17, 15) is 0 Å². The molecule has 0 radical (unpaired) electrons. The highest BCUT2D eigenvalue weighted by Crippen LogP contribution is 2.28. The Morgan fingerprint density at radius 1 is 0.800 bits per heavy atom. The summed E-state index contributed by atoms with van der Waals surface area (Å²) >= 11 is 4.64. The molecule has 2 nitrogen and oxygen atoms in total. The lowest BCUT2D eigenvalue weighted by molar-refractivity contribution is 0.764. The molecule has 0 saturated heterocycles. The van der Waals surface area contributed by atoms with Crippen molar-refractivity contribution in [3.05, 3.63) is 95.7 Å². The number of benzene rings is 2. The van der Waals surface area contributed by atoms with Crippen molar-refractivity contribution in [1.82, 2.24) is 4.98 Å². The zero-order valence-electron chi connectivity index (χ0n) is 14.8. The van der Waals surface area contributed by atoms with E-state index >= 15 is 0 Å². The van der Waals surface area contributed by atoms with Crippen molar-refractivity contribution in [2.75, 3.05) is 4.90 Å². The molecule has 3 heteroatoms. The molecule has 128 valence electrons. The summed E-state index contributed by atoms with van der Waals surface area (Å²) in [5.74, 6) is 0.981. The minimum atomic E-state index is -0.185. The number of hydrogen-bond acceptors (Lipinski definition) is 3. The van der Waals surface area contributed by atoms with Gasteiger partial charge in [-0.2, -0.15) is 12.6 Å². The fraction of sp³-hybridized carbons (Fsp3) is 0.227. The first-order valence-corrected chi connectivity index (χ1v) is 8.99. The van der Waals surface area contributed by atoms with Crippen molar-refractivity contribution in [3.8, 4) is 0 Å². The molecule has 0 aliphatic rings. The third kappa shape index (κ3) is 4.86. The summed E-state index contributed by atoms with van der Waals surface area (Å²) in [6.45, 7) is 5.82. The molecule has 0 saturated carbocycles. The van der Waals surface area contributed by atoms with Crippen LogP contribution in [0.4, 0.5) is 5.82 Å². The number of pyridine rings is 1. The molecule has 0 aliphatic heterocycles. The molecule has 0 unspecified atom stereocenters. The number of hydrogen-bond donors (Lipinski definition) is 1. The maximum atomic E-state index is 4.71. The van der Waals surface area contributed by atoms with Crippen LogP contribution in [0.1, 0.15) is 30.5 Å². The van der Waals surface area contributed by atoms with Crippen LogP contribution >= 0.6 is 12.6 Å². The Labute approximate surface area is 156 Å². The monoisotopic (exact) mass is 348 g/mol. The fourth-order valence-electron chi connectivity index (χ4n) is 2.76. The van der Waals surface area contributed by atoms with E-state index in [1.165, 1.54) is 11.1 Å². The van der Waals surface area contributed by atoms with Gasteiger partial charge in [0, 0.05) is 24.0 Å². The van der Waals surface area contributed by atoms with Gasteiger partial charge in [-0.1, -0.05) is 66.7 Å². The van der Waals surface area contributed by atoms with Crippen molar-refractivity contribution in [2.45, 2.75) is 31.7 Å². The normalized spacial score (nSPS) is 11.3. The van der Waals surface area contributed by atoms with Gasteiger partial charge >= 0.3 is 0 Å². The smallest absolute Gasteiger partial charge is 0.129 e. The van der Waals surface area contributed by atoms with Gasteiger partial charge in [-0.25, -0.2) is 4.98 Å². The van der Waals surface area contributed by atoms with E-state index in [4.69, 9.17) is 4.98 Å². The van der Waals surface area contributed by atoms with Crippen LogP contribution in [0.2, 0.25) is 0 Å². The average Bonchev–Trinajstić information content (AvgIpc) is 2.62. The number of rotatable bonds is 6. The van der Waals surface area contributed by atoms with Crippen LogP contribution in [0, 0.1) is 0 Å². The van der Waals surface area contributed by atoms with Crippen LogP contribution < -0.4 is 4.90 Å². The predicted octanol–water partition coefficient (Wildman–Crippen LogP) is 5.45. The summed E-state index contributed by atoms with van der Waals surface area (Å²) in [4.78, 5) is 7.02. The van der Waals surface area contributed by atoms with E-state index in [-0.39, 0.29) is 4.75 Å². The Hall–Kier alpha value is -2.26. The van der Waals surface area contributed by atoms with Crippen LogP contribution in [0.25, 0.3) is 0 Å². The second-order valence-corrected chi connectivity index (χ2v) is 7.91. The molecule has 1 heterocycles. The van der Waals surface area contributed by atoms with E-state index in [0.717, 1.165) is 24.5 Å². The van der Waals surface area contributed by atoms with Crippen molar-refractivity contribution in [3.63, 3.8) is 0 Å². The Morgan fingerprint density at radius 2 is 1.32 bits per heavy atom. The molecule has 2 aromatic carbocycles. The predicted molar refractivity (Wildman–Crippen MR) is 109 cm³/mol. The molecule has 3 aromatic rings. The number of nitrogens with zero attached hydrogens (tertiary/aromatic N) is 2. The standard InChI is InChI=1S/C22H24N2S/c1-22(2,25)20-13-14-21(23-15-20)24(16-18-9-5-3-6-10-18)17-19-11-7-4-8-12-19/h3-15,25H,16-17H2,1-2H3. The van der Waals surface area contributed by atoms with Crippen LogP contribution in [0.5, 0.6) is 0 Å².